The maximum atomic E-state index is 11.9. The topological polar surface area (TPSA) is 75.0 Å². The molecule has 1 fully saturated rings. The summed E-state index contributed by atoms with van der Waals surface area (Å²) >= 11 is 0. The molecule has 0 saturated heterocycles. The second-order valence-corrected chi connectivity index (χ2v) is 6.28. The summed E-state index contributed by atoms with van der Waals surface area (Å²) in [5.41, 5.74) is 5.89. The third-order valence-electron chi connectivity index (χ3n) is 4.50. The van der Waals surface area contributed by atoms with Crippen LogP contribution in [0, 0.1) is 5.92 Å². The zero-order valence-electron chi connectivity index (χ0n) is 13.4. The van der Waals surface area contributed by atoms with E-state index in [0.29, 0.717) is 18.5 Å². The van der Waals surface area contributed by atoms with E-state index in [1.54, 1.807) is 6.07 Å². The standard InChI is InChI=1S/C16H28N4O/c1-4-20(13-8-6-5-7-12(13)10-17)14-9-15(21)19-16(18-14)11(2)3/h9,11-13H,4-8,10,17H2,1-3H3,(H,18,19,21). The van der Waals surface area contributed by atoms with Crippen LogP contribution in [0.15, 0.2) is 10.9 Å². The van der Waals surface area contributed by atoms with Crippen LogP contribution in [-0.2, 0) is 0 Å². The Bertz CT molecular complexity index is 511. The third-order valence-corrected chi connectivity index (χ3v) is 4.50. The first-order valence-electron chi connectivity index (χ1n) is 8.14. The van der Waals surface area contributed by atoms with E-state index in [0.717, 1.165) is 24.6 Å². The number of H-pyrrole nitrogens is 1. The minimum Gasteiger partial charge on any atom is -0.353 e. The second kappa shape index (κ2) is 7.07. The van der Waals surface area contributed by atoms with Gasteiger partial charge in [0.15, 0.2) is 0 Å². The van der Waals surface area contributed by atoms with Crippen molar-refractivity contribution in [1.82, 2.24) is 9.97 Å². The van der Waals surface area contributed by atoms with Gasteiger partial charge in [0, 0.05) is 24.6 Å². The van der Waals surface area contributed by atoms with Crippen molar-refractivity contribution in [2.45, 2.75) is 58.4 Å². The zero-order chi connectivity index (χ0) is 15.4. The first-order chi connectivity index (χ1) is 10.1. The molecule has 1 aromatic heterocycles. The highest BCUT2D eigenvalue weighted by molar-refractivity contribution is 5.39. The number of nitrogens with one attached hydrogen (secondary N) is 1. The summed E-state index contributed by atoms with van der Waals surface area (Å²) < 4.78 is 0. The minimum atomic E-state index is -0.0674. The van der Waals surface area contributed by atoms with Gasteiger partial charge in [0.2, 0.25) is 0 Å². The molecule has 1 heterocycles. The first kappa shape index (κ1) is 16.0. The van der Waals surface area contributed by atoms with Crippen molar-refractivity contribution in [3.05, 3.63) is 22.2 Å². The lowest BCUT2D eigenvalue weighted by molar-refractivity contribution is 0.299. The molecule has 5 heteroatoms. The third kappa shape index (κ3) is 3.64. The van der Waals surface area contributed by atoms with Gasteiger partial charge in [-0.15, -0.1) is 0 Å². The SMILES string of the molecule is CCN(c1cc(=O)[nH]c(C(C)C)n1)C1CCCCC1CN. The Hall–Kier alpha value is -1.36. The molecule has 0 amide bonds. The molecule has 5 nitrogen and oxygen atoms in total. The summed E-state index contributed by atoms with van der Waals surface area (Å²) in [5, 5.41) is 0. The number of rotatable bonds is 5. The quantitative estimate of drug-likeness (QED) is 0.872. The van der Waals surface area contributed by atoms with Crippen molar-refractivity contribution >= 4 is 5.82 Å². The Morgan fingerprint density at radius 1 is 1.43 bits per heavy atom. The van der Waals surface area contributed by atoms with Gasteiger partial charge in [0.1, 0.15) is 11.6 Å². The molecule has 3 N–H and O–H groups in total. The Kier molecular flexibility index (Phi) is 5.39. The van der Waals surface area contributed by atoms with Crippen molar-refractivity contribution in [3.8, 4) is 0 Å². The van der Waals surface area contributed by atoms with Crippen LogP contribution in [0.2, 0.25) is 0 Å². The molecule has 1 aliphatic rings. The minimum absolute atomic E-state index is 0.0674. The van der Waals surface area contributed by atoms with E-state index in [-0.39, 0.29) is 11.5 Å². The Morgan fingerprint density at radius 3 is 2.76 bits per heavy atom. The summed E-state index contributed by atoms with van der Waals surface area (Å²) in [6.07, 6.45) is 4.81. The van der Waals surface area contributed by atoms with Gasteiger partial charge in [-0.1, -0.05) is 26.7 Å². The predicted octanol–water partition coefficient (Wildman–Crippen LogP) is 2.24. The lowest BCUT2D eigenvalue weighted by Crippen LogP contribution is -2.46. The van der Waals surface area contributed by atoms with E-state index in [1.165, 1.54) is 19.3 Å². The van der Waals surface area contributed by atoms with Gasteiger partial charge in [-0.05, 0) is 32.2 Å². The van der Waals surface area contributed by atoms with E-state index in [9.17, 15) is 4.79 Å². The fourth-order valence-corrected chi connectivity index (χ4v) is 3.32. The maximum Gasteiger partial charge on any atom is 0.252 e. The molecule has 0 radical (unpaired) electrons. The number of hydrogen-bond donors (Lipinski definition) is 2. The largest absolute Gasteiger partial charge is 0.353 e. The highest BCUT2D eigenvalue weighted by Crippen LogP contribution is 2.30. The second-order valence-electron chi connectivity index (χ2n) is 6.28. The van der Waals surface area contributed by atoms with Crippen LogP contribution < -0.4 is 16.2 Å². The van der Waals surface area contributed by atoms with Crippen molar-refractivity contribution < 1.29 is 0 Å². The van der Waals surface area contributed by atoms with Crippen LogP contribution in [0.3, 0.4) is 0 Å². The van der Waals surface area contributed by atoms with Crippen LogP contribution in [0.5, 0.6) is 0 Å². The molecule has 0 aliphatic heterocycles. The molecule has 2 rings (SSSR count). The van der Waals surface area contributed by atoms with Gasteiger partial charge in [-0.2, -0.15) is 0 Å². The van der Waals surface area contributed by atoms with Gasteiger partial charge in [0.05, 0.1) is 0 Å². The monoisotopic (exact) mass is 292 g/mol. The van der Waals surface area contributed by atoms with E-state index < -0.39 is 0 Å². The molecule has 0 spiro atoms. The summed E-state index contributed by atoms with van der Waals surface area (Å²) in [5.74, 6) is 2.28. The fraction of sp³-hybridized carbons (Fsp3) is 0.750. The molecule has 0 bridgehead atoms. The Balaban J connectivity index is 2.34. The van der Waals surface area contributed by atoms with E-state index in [1.807, 2.05) is 13.8 Å². The molecular weight excluding hydrogens is 264 g/mol. The molecule has 21 heavy (non-hydrogen) atoms. The number of nitrogens with zero attached hydrogens (tertiary/aromatic N) is 2. The Labute approximate surface area is 127 Å². The molecule has 1 aromatic rings. The molecular formula is C16H28N4O. The highest BCUT2D eigenvalue weighted by atomic mass is 16.1. The summed E-state index contributed by atoms with van der Waals surface area (Å²) in [6.45, 7) is 7.78. The van der Waals surface area contributed by atoms with Crippen molar-refractivity contribution in [3.63, 3.8) is 0 Å². The van der Waals surface area contributed by atoms with Crippen molar-refractivity contribution in [1.29, 1.82) is 0 Å². The molecule has 2 atom stereocenters. The van der Waals surface area contributed by atoms with Crippen LogP contribution in [0.1, 0.15) is 58.2 Å². The number of aromatic amines is 1. The van der Waals surface area contributed by atoms with Crippen LogP contribution in [0.4, 0.5) is 5.82 Å². The van der Waals surface area contributed by atoms with E-state index >= 15 is 0 Å². The molecule has 1 saturated carbocycles. The highest BCUT2D eigenvalue weighted by Gasteiger charge is 2.29. The lowest BCUT2D eigenvalue weighted by Gasteiger charge is -2.40. The van der Waals surface area contributed by atoms with Gasteiger partial charge in [-0.3, -0.25) is 4.79 Å². The van der Waals surface area contributed by atoms with Crippen LogP contribution in [-0.4, -0.2) is 29.1 Å². The summed E-state index contributed by atoms with van der Waals surface area (Å²) in [6, 6.07) is 2.03. The van der Waals surface area contributed by atoms with Gasteiger partial charge < -0.3 is 15.6 Å². The molecule has 0 aromatic carbocycles. The number of hydrogen-bond acceptors (Lipinski definition) is 4. The van der Waals surface area contributed by atoms with Gasteiger partial charge in [-0.25, -0.2) is 4.98 Å². The lowest BCUT2D eigenvalue weighted by atomic mass is 9.83. The summed E-state index contributed by atoms with van der Waals surface area (Å²) in [7, 11) is 0. The van der Waals surface area contributed by atoms with Gasteiger partial charge >= 0.3 is 0 Å². The molecule has 1 aliphatic carbocycles. The van der Waals surface area contributed by atoms with Crippen molar-refractivity contribution in [2.24, 2.45) is 11.7 Å². The smallest absolute Gasteiger partial charge is 0.252 e. The Morgan fingerprint density at radius 2 is 2.14 bits per heavy atom. The zero-order valence-corrected chi connectivity index (χ0v) is 13.4. The molecule has 2 unspecified atom stereocenters. The number of aromatic nitrogens is 2. The van der Waals surface area contributed by atoms with Crippen LogP contribution >= 0.6 is 0 Å². The maximum absolute atomic E-state index is 11.9. The van der Waals surface area contributed by atoms with E-state index in [2.05, 4.69) is 21.8 Å². The predicted molar refractivity (Wildman–Crippen MR) is 86.8 cm³/mol. The summed E-state index contributed by atoms with van der Waals surface area (Å²) in [4.78, 5) is 21.7. The average molecular weight is 292 g/mol. The molecule has 118 valence electrons. The average Bonchev–Trinajstić information content (AvgIpc) is 2.48. The van der Waals surface area contributed by atoms with Crippen molar-refractivity contribution in [2.75, 3.05) is 18.0 Å². The number of nitrogens with two attached hydrogens (primary N) is 1. The van der Waals surface area contributed by atoms with Crippen LogP contribution in [0.25, 0.3) is 0 Å². The number of anilines is 1. The normalized spacial score (nSPS) is 22.5. The fourth-order valence-electron chi connectivity index (χ4n) is 3.32. The first-order valence-corrected chi connectivity index (χ1v) is 8.14. The van der Waals surface area contributed by atoms with Gasteiger partial charge in [0.25, 0.3) is 5.56 Å². The van der Waals surface area contributed by atoms with E-state index in [4.69, 9.17) is 5.73 Å².